The number of likely N-dealkylation sites (N-methyl/N-ethyl adjacent to an activating group) is 1. The summed E-state index contributed by atoms with van der Waals surface area (Å²) in [5.74, 6) is 0.0240. The predicted molar refractivity (Wildman–Crippen MR) is 126 cm³/mol. The first kappa shape index (κ1) is 21.1. The van der Waals surface area contributed by atoms with Crippen LogP contribution in [-0.4, -0.2) is 56.0 Å². The SMILES string of the molecule is CCN1CCN(c2ccccc2NC(=O)/C=C/c2ccc(N3CCCC3=O)cc2)CC1. The van der Waals surface area contributed by atoms with Gasteiger partial charge < -0.3 is 20.0 Å². The summed E-state index contributed by atoms with van der Waals surface area (Å²) in [7, 11) is 0. The number of rotatable bonds is 6. The van der Waals surface area contributed by atoms with Gasteiger partial charge in [-0.2, -0.15) is 0 Å². The number of anilines is 3. The molecule has 2 saturated heterocycles. The molecule has 2 amide bonds. The number of carbonyl (C=O) groups excluding carboxylic acids is 2. The second-order valence-corrected chi connectivity index (χ2v) is 8.00. The van der Waals surface area contributed by atoms with Gasteiger partial charge >= 0.3 is 0 Å². The summed E-state index contributed by atoms with van der Waals surface area (Å²) in [4.78, 5) is 31.0. The van der Waals surface area contributed by atoms with E-state index in [0.29, 0.717) is 6.42 Å². The van der Waals surface area contributed by atoms with E-state index in [9.17, 15) is 9.59 Å². The molecule has 0 atom stereocenters. The number of para-hydroxylation sites is 2. The molecule has 2 fully saturated rings. The van der Waals surface area contributed by atoms with Crippen molar-refractivity contribution in [3.05, 3.63) is 60.2 Å². The van der Waals surface area contributed by atoms with E-state index < -0.39 is 0 Å². The average Bonchev–Trinajstić information content (AvgIpc) is 3.24. The molecule has 31 heavy (non-hydrogen) atoms. The summed E-state index contributed by atoms with van der Waals surface area (Å²) in [6.07, 6.45) is 4.89. The van der Waals surface area contributed by atoms with E-state index in [-0.39, 0.29) is 11.8 Å². The minimum absolute atomic E-state index is 0.154. The first-order valence-corrected chi connectivity index (χ1v) is 11.1. The fourth-order valence-corrected chi connectivity index (χ4v) is 4.19. The molecule has 162 valence electrons. The van der Waals surface area contributed by atoms with Gasteiger partial charge in [0.05, 0.1) is 11.4 Å². The highest BCUT2D eigenvalue weighted by molar-refractivity contribution is 6.04. The molecule has 6 heteroatoms. The molecule has 0 aromatic heterocycles. The summed E-state index contributed by atoms with van der Waals surface area (Å²) in [5, 5.41) is 3.03. The van der Waals surface area contributed by atoms with E-state index >= 15 is 0 Å². The van der Waals surface area contributed by atoms with Gasteiger partial charge in [-0.15, -0.1) is 0 Å². The molecule has 6 nitrogen and oxygen atoms in total. The first-order valence-electron chi connectivity index (χ1n) is 11.1. The number of amides is 2. The summed E-state index contributed by atoms with van der Waals surface area (Å²) in [6, 6.07) is 15.7. The molecule has 2 aromatic rings. The van der Waals surface area contributed by atoms with Gasteiger partial charge in [0, 0.05) is 50.9 Å². The second-order valence-electron chi connectivity index (χ2n) is 8.00. The van der Waals surface area contributed by atoms with Gasteiger partial charge in [0.2, 0.25) is 11.8 Å². The summed E-state index contributed by atoms with van der Waals surface area (Å²) >= 11 is 0. The van der Waals surface area contributed by atoms with Crippen LogP contribution >= 0.6 is 0 Å². The number of nitrogens with one attached hydrogen (secondary N) is 1. The highest BCUT2D eigenvalue weighted by Gasteiger charge is 2.21. The molecule has 2 aliphatic heterocycles. The fraction of sp³-hybridized carbons (Fsp3) is 0.360. The molecule has 2 aromatic carbocycles. The molecule has 4 rings (SSSR count). The van der Waals surface area contributed by atoms with Crippen molar-refractivity contribution in [2.75, 3.05) is 54.4 Å². The molecule has 0 saturated carbocycles. The van der Waals surface area contributed by atoms with Gasteiger partial charge in [-0.05, 0) is 48.9 Å². The van der Waals surface area contributed by atoms with Crippen LogP contribution in [0.3, 0.4) is 0 Å². The van der Waals surface area contributed by atoms with Gasteiger partial charge in [0.15, 0.2) is 0 Å². The van der Waals surface area contributed by atoms with E-state index in [0.717, 1.165) is 68.3 Å². The van der Waals surface area contributed by atoms with Crippen LogP contribution in [-0.2, 0) is 9.59 Å². The lowest BCUT2D eigenvalue weighted by molar-refractivity contribution is -0.117. The molecule has 0 aliphatic carbocycles. The topological polar surface area (TPSA) is 55.9 Å². The highest BCUT2D eigenvalue weighted by Crippen LogP contribution is 2.27. The standard InChI is InChI=1S/C25H30N4O2/c1-2-27-16-18-28(19-17-27)23-7-4-3-6-22(23)26-24(30)14-11-20-9-12-21(13-10-20)29-15-5-8-25(29)31/h3-4,6-7,9-14H,2,5,8,15-19H2,1H3,(H,26,30)/b14-11+. The van der Waals surface area contributed by atoms with E-state index in [1.54, 1.807) is 12.2 Å². The molecule has 1 N–H and O–H groups in total. The zero-order valence-electron chi connectivity index (χ0n) is 18.1. The molecule has 2 aliphatic rings. The predicted octanol–water partition coefficient (Wildman–Crippen LogP) is 3.61. The summed E-state index contributed by atoms with van der Waals surface area (Å²) in [6.45, 7) is 8.05. The number of hydrogen-bond acceptors (Lipinski definition) is 4. The van der Waals surface area contributed by atoms with Crippen molar-refractivity contribution >= 4 is 35.0 Å². The molecular weight excluding hydrogens is 388 g/mol. The lowest BCUT2D eigenvalue weighted by Gasteiger charge is -2.36. The van der Waals surface area contributed by atoms with Gasteiger partial charge in [-0.25, -0.2) is 0 Å². The molecule has 0 bridgehead atoms. The Morgan fingerprint density at radius 2 is 1.74 bits per heavy atom. The van der Waals surface area contributed by atoms with Crippen LogP contribution in [0.15, 0.2) is 54.6 Å². The Morgan fingerprint density at radius 1 is 1.00 bits per heavy atom. The Balaban J connectivity index is 1.38. The van der Waals surface area contributed by atoms with Crippen LogP contribution in [0, 0.1) is 0 Å². The quantitative estimate of drug-likeness (QED) is 0.729. The summed E-state index contributed by atoms with van der Waals surface area (Å²) in [5.41, 5.74) is 3.75. The Bertz CT molecular complexity index is 946. The molecule has 0 radical (unpaired) electrons. The van der Waals surface area contributed by atoms with Crippen molar-refractivity contribution in [3.8, 4) is 0 Å². The van der Waals surface area contributed by atoms with Crippen molar-refractivity contribution in [1.29, 1.82) is 0 Å². The van der Waals surface area contributed by atoms with Crippen molar-refractivity contribution in [2.24, 2.45) is 0 Å². The van der Waals surface area contributed by atoms with E-state index in [1.165, 1.54) is 0 Å². The third-order valence-corrected chi connectivity index (χ3v) is 6.03. The van der Waals surface area contributed by atoms with E-state index in [1.807, 2.05) is 47.4 Å². The number of piperazine rings is 1. The van der Waals surface area contributed by atoms with E-state index in [4.69, 9.17) is 0 Å². The third-order valence-electron chi connectivity index (χ3n) is 6.03. The number of nitrogens with zero attached hydrogens (tertiary/aromatic N) is 3. The van der Waals surface area contributed by atoms with Crippen LogP contribution in [0.5, 0.6) is 0 Å². The van der Waals surface area contributed by atoms with Gasteiger partial charge in [0.1, 0.15) is 0 Å². The Morgan fingerprint density at radius 3 is 2.42 bits per heavy atom. The van der Waals surface area contributed by atoms with Crippen LogP contribution in [0.25, 0.3) is 6.08 Å². The van der Waals surface area contributed by atoms with E-state index in [2.05, 4.69) is 28.1 Å². The number of hydrogen-bond donors (Lipinski definition) is 1. The molecule has 0 unspecified atom stereocenters. The zero-order chi connectivity index (χ0) is 21.6. The lowest BCUT2D eigenvalue weighted by Crippen LogP contribution is -2.46. The first-order chi connectivity index (χ1) is 15.1. The maximum atomic E-state index is 12.6. The number of carbonyl (C=O) groups is 2. The minimum Gasteiger partial charge on any atom is -0.367 e. The van der Waals surface area contributed by atoms with Crippen LogP contribution < -0.4 is 15.1 Å². The minimum atomic E-state index is -0.154. The number of benzene rings is 2. The van der Waals surface area contributed by atoms with Crippen LogP contribution in [0.1, 0.15) is 25.3 Å². The van der Waals surface area contributed by atoms with Crippen molar-refractivity contribution in [3.63, 3.8) is 0 Å². The maximum absolute atomic E-state index is 12.6. The monoisotopic (exact) mass is 418 g/mol. The Hall–Kier alpha value is -3.12. The Kier molecular flexibility index (Phi) is 6.67. The van der Waals surface area contributed by atoms with Gasteiger partial charge in [-0.1, -0.05) is 31.2 Å². The van der Waals surface area contributed by atoms with Crippen LogP contribution in [0.2, 0.25) is 0 Å². The average molecular weight is 419 g/mol. The van der Waals surface area contributed by atoms with Crippen molar-refractivity contribution in [2.45, 2.75) is 19.8 Å². The zero-order valence-corrected chi connectivity index (χ0v) is 18.1. The highest BCUT2D eigenvalue weighted by atomic mass is 16.2. The second kappa shape index (κ2) is 9.79. The van der Waals surface area contributed by atoms with Crippen LogP contribution in [0.4, 0.5) is 17.1 Å². The molecule has 0 spiro atoms. The normalized spacial score (nSPS) is 17.5. The van der Waals surface area contributed by atoms with Crippen molar-refractivity contribution < 1.29 is 9.59 Å². The smallest absolute Gasteiger partial charge is 0.248 e. The largest absolute Gasteiger partial charge is 0.367 e. The Labute approximate surface area is 184 Å². The maximum Gasteiger partial charge on any atom is 0.248 e. The summed E-state index contributed by atoms with van der Waals surface area (Å²) < 4.78 is 0. The molecular formula is C25H30N4O2. The third kappa shape index (κ3) is 5.14. The molecule has 2 heterocycles. The van der Waals surface area contributed by atoms with Gasteiger partial charge in [0.25, 0.3) is 0 Å². The van der Waals surface area contributed by atoms with Crippen molar-refractivity contribution in [1.82, 2.24) is 4.90 Å². The fourth-order valence-electron chi connectivity index (χ4n) is 4.19. The van der Waals surface area contributed by atoms with Gasteiger partial charge in [-0.3, -0.25) is 9.59 Å². The lowest BCUT2D eigenvalue weighted by atomic mass is 10.1.